The summed E-state index contributed by atoms with van der Waals surface area (Å²) in [6.45, 7) is 15.0. The highest BCUT2D eigenvalue weighted by molar-refractivity contribution is 6.77. The van der Waals surface area contributed by atoms with Gasteiger partial charge in [0.15, 0.2) is 8.32 Å². The first-order valence-electron chi connectivity index (χ1n) is 9.24. The zero-order valence-electron chi connectivity index (χ0n) is 16.3. The minimum atomic E-state index is -1.89. The largest absolute Gasteiger partial charge is 0.413 e. The quantitative estimate of drug-likeness (QED) is 0.560. The number of hydrogen-bond acceptors (Lipinski definition) is 3. The molecule has 1 N–H and O–H groups in total. The molecule has 0 radical (unpaired) electrons. The fourth-order valence-corrected chi connectivity index (χ4v) is 9.36. The lowest BCUT2D eigenvalue weighted by molar-refractivity contribution is -0.00807. The van der Waals surface area contributed by atoms with Crippen LogP contribution in [0.1, 0.15) is 53.5 Å². The van der Waals surface area contributed by atoms with Crippen molar-refractivity contribution in [3.63, 3.8) is 0 Å². The van der Waals surface area contributed by atoms with E-state index in [1.807, 2.05) is 18.2 Å². The van der Waals surface area contributed by atoms with E-state index >= 15 is 0 Å². The van der Waals surface area contributed by atoms with E-state index in [2.05, 4.69) is 53.7 Å². The molecule has 1 aromatic carbocycles. The van der Waals surface area contributed by atoms with Gasteiger partial charge in [-0.1, -0.05) is 71.9 Å². The zero-order chi connectivity index (χ0) is 18.2. The molecule has 0 aliphatic carbocycles. The van der Waals surface area contributed by atoms with E-state index in [-0.39, 0.29) is 12.7 Å². The Hall–Kier alpha value is -0.683. The molecule has 1 aromatic rings. The second-order valence-electron chi connectivity index (χ2n) is 7.56. The Morgan fingerprint density at radius 2 is 1.46 bits per heavy atom. The molecule has 0 bridgehead atoms. The van der Waals surface area contributed by atoms with Crippen molar-refractivity contribution in [2.24, 2.45) is 0 Å². The number of aliphatic hydroxyl groups is 1. The molecule has 0 saturated heterocycles. The van der Waals surface area contributed by atoms with Crippen LogP contribution in [0.5, 0.6) is 0 Å². The van der Waals surface area contributed by atoms with E-state index in [1.54, 1.807) is 0 Å². The molecule has 0 aromatic heterocycles. The highest BCUT2D eigenvalue weighted by atomic mass is 28.4. The Kier molecular flexibility index (Phi) is 9.20. The van der Waals surface area contributed by atoms with Gasteiger partial charge in [0, 0.05) is 6.61 Å². The molecule has 0 heterocycles. The summed E-state index contributed by atoms with van der Waals surface area (Å²) in [6, 6.07) is 10.2. The van der Waals surface area contributed by atoms with E-state index in [0.717, 1.165) is 5.56 Å². The van der Waals surface area contributed by atoms with Crippen LogP contribution >= 0.6 is 0 Å². The molecule has 3 nitrogen and oxygen atoms in total. The molecule has 1 atom stereocenters. The molecule has 138 valence electrons. The van der Waals surface area contributed by atoms with Crippen LogP contribution < -0.4 is 0 Å². The Morgan fingerprint density at radius 3 is 1.92 bits per heavy atom. The summed E-state index contributed by atoms with van der Waals surface area (Å²) in [4.78, 5) is 0. The number of rotatable bonds is 11. The average molecular weight is 353 g/mol. The van der Waals surface area contributed by atoms with Gasteiger partial charge in [0.2, 0.25) is 0 Å². The van der Waals surface area contributed by atoms with Crippen LogP contribution in [0.2, 0.25) is 16.6 Å². The summed E-state index contributed by atoms with van der Waals surface area (Å²) in [5.74, 6) is 0. The van der Waals surface area contributed by atoms with Crippen LogP contribution in [0.4, 0.5) is 0 Å². The Bertz CT molecular complexity index is 424. The third-order valence-corrected chi connectivity index (χ3v) is 11.1. The lowest BCUT2D eigenvalue weighted by atomic mass is 10.2. The van der Waals surface area contributed by atoms with Crippen molar-refractivity contribution in [1.29, 1.82) is 0 Å². The predicted molar refractivity (Wildman–Crippen MR) is 104 cm³/mol. The summed E-state index contributed by atoms with van der Waals surface area (Å²) in [5.41, 5.74) is 2.82. The van der Waals surface area contributed by atoms with E-state index in [9.17, 15) is 5.11 Å². The van der Waals surface area contributed by atoms with Crippen molar-refractivity contribution in [1.82, 2.24) is 0 Å². The minimum absolute atomic E-state index is 0.0571. The average Bonchev–Trinajstić information content (AvgIpc) is 2.53. The SMILES string of the molecule is CC(C)[Si](OC[C@@H](CCO)OCc1ccccc1)(C(C)C)C(C)C. The molecular formula is C20H36O3Si. The first kappa shape index (κ1) is 21.4. The molecule has 0 aliphatic rings. The molecule has 0 amide bonds. The van der Waals surface area contributed by atoms with E-state index in [4.69, 9.17) is 9.16 Å². The lowest BCUT2D eigenvalue weighted by Gasteiger charge is -2.43. The van der Waals surface area contributed by atoms with Crippen LogP contribution in [-0.2, 0) is 15.8 Å². The Morgan fingerprint density at radius 1 is 0.917 bits per heavy atom. The van der Waals surface area contributed by atoms with Crippen LogP contribution in [-0.4, -0.2) is 32.7 Å². The van der Waals surface area contributed by atoms with Crippen molar-refractivity contribution in [2.75, 3.05) is 13.2 Å². The smallest absolute Gasteiger partial charge is 0.200 e. The highest BCUT2D eigenvalue weighted by Gasteiger charge is 2.45. The van der Waals surface area contributed by atoms with Gasteiger partial charge in [-0.15, -0.1) is 0 Å². The van der Waals surface area contributed by atoms with Crippen molar-refractivity contribution >= 4 is 8.32 Å². The van der Waals surface area contributed by atoms with Crippen molar-refractivity contribution in [2.45, 2.75) is 77.3 Å². The van der Waals surface area contributed by atoms with E-state index in [0.29, 0.717) is 36.3 Å². The van der Waals surface area contributed by atoms with Crippen molar-refractivity contribution < 1.29 is 14.3 Å². The van der Waals surface area contributed by atoms with Gasteiger partial charge in [-0.3, -0.25) is 0 Å². The highest BCUT2D eigenvalue weighted by Crippen LogP contribution is 2.42. The van der Waals surface area contributed by atoms with Gasteiger partial charge in [-0.25, -0.2) is 0 Å². The van der Waals surface area contributed by atoms with Crippen LogP contribution in [0.3, 0.4) is 0 Å². The predicted octanol–water partition coefficient (Wildman–Crippen LogP) is 5.15. The molecule has 0 aliphatic heterocycles. The number of hydrogen-bond donors (Lipinski definition) is 1. The number of benzene rings is 1. The van der Waals surface area contributed by atoms with Crippen LogP contribution in [0.25, 0.3) is 0 Å². The van der Waals surface area contributed by atoms with Crippen LogP contribution in [0, 0.1) is 0 Å². The zero-order valence-corrected chi connectivity index (χ0v) is 17.3. The summed E-state index contributed by atoms with van der Waals surface area (Å²) < 4.78 is 12.7. The van der Waals surface area contributed by atoms with Gasteiger partial charge < -0.3 is 14.3 Å². The summed E-state index contributed by atoms with van der Waals surface area (Å²) >= 11 is 0. The molecular weight excluding hydrogens is 316 g/mol. The molecule has 0 unspecified atom stereocenters. The second-order valence-corrected chi connectivity index (χ2v) is 13.0. The summed E-state index contributed by atoms with van der Waals surface area (Å²) in [5, 5.41) is 9.37. The lowest BCUT2D eigenvalue weighted by Crippen LogP contribution is -2.49. The fraction of sp³-hybridized carbons (Fsp3) is 0.700. The molecule has 24 heavy (non-hydrogen) atoms. The molecule has 0 spiro atoms. The van der Waals surface area contributed by atoms with Crippen molar-refractivity contribution in [3.05, 3.63) is 35.9 Å². The van der Waals surface area contributed by atoms with Gasteiger partial charge in [-0.2, -0.15) is 0 Å². The molecule has 1 rings (SSSR count). The molecule has 0 saturated carbocycles. The standard InChI is InChI=1S/C20H36O3Si/c1-16(2)24(17(3)4,18(5)6)23-15-20(12-13-21)22-14-19-10-8-7-9-11-19/h7-11,16-18,20-21H,12-15H2,1-6H3/t20-/m1/s1. The van der Waals surface area contributed by atoms with Gasteiger partial charge in [0.1, 0.15) is 0 Å². The van der Waals surface area contributed by atoms with E-state index in [1.165, 1.54) is 0 Å². The van der Waals surface area contributed by atoms with Gasteiger partial charge in [0.25, 0.3) is 0 Å². The molecule has 0 fully saturated rings. The van der Waals surface area contributed by atoms with Crippen molar-refractivity contribution in [3.8, 4) is 0 Å². The first-order chi connectivity index (χ1) is 11.3. The minimum Gasteiger partial charge on any atom is -0.413 e. The number of ether oxygens (including phenoxy) is 1. The third-order valence-electron chi connectivity index (χ3n) is 5.01. The fourth-order valence-electron chi connectivity index (χ4n) is 3.88. The first-order valence-corrected chi connectivity index (χ1v) is 11.4. The van der Waals surface area contributed by atoms with Gasteiger partial charge in [-0.05, 0) is 28.6 Å². The Balaban J connectivity index is 2.72. The van der Waals surface area contributed by atoms with E-state index < -0.39 is 8.32 Å². The van der Waals surface area contributed by atoms with Gasteiger partial charge in [0.05, 0.1) is 19.3 Å². The summed E-state index contributed by atoms with van der Waals surface area (Å²) in [6.07, 6.45) is 0.560. The van der Waals surface area contributed by atoms with Crippen LogP contribution in [0.15, 0.2) is 30.3 Å². The molecule has 4 heteroatoms. The summed E-state index contributed by atoms with van der Waals surface area (Å²) in [7, 11) is -1.89. The number of aliphatic hydroxyl groups excluding tert-OH is 1. The normalized spacial score (nSPS) is 13.9. The maximum atomic E-state index is 9.37. The topological polar surface area (TPSA) is 38.7 Å². The second kappa shape index (κ2) is 10.3. The monoisotopic (exact) mass is 352 g/mol. The third kappa shape index (κ3) is 5.69. The Labute approximate surface area is 149 Å². The maximum Gasteiger partial charge on any atom is 0.200 e. The van der Waals surface area contributed by atoms with Gasteiger partial charge >= 0.3 is 0 Å². The maximum absolute atomic E-state index is 9.37.